The summed E-state index contributed by atoms with van der Waals surface area (Å²) in [6, 6.07) is 29.3. The zero-order chi connectivity index (χ0) is 36.9. The van der Waals surface area contributed by atoms with Crippen LogP contribution in [-0.4, -0.2) is 58.3 Å². The van der Waals surface area contributed by atoms with Gasteiger partial charge in [-0.3, -0.25) is 9.59 Å². The highest BCUT2D eigenvalue weighted by Crippen LogP contribution is 2.38. The number of nitrogens with zero attached hydrogens (tertiary/aromatic N) is 1. The Labute approximate surface area is 305 Å². The van der Waals surface area contributed by atoms with Gasteiger partial charge in [0.15, 0.2) is 6.29 Å². The number of nitrogens with two attached hydrogens (primary N) is 1. The van der Waals surface area contributed by atoms with Gasteiger partial charge in [0.1, 0.15) is 5.75 Å². The van der Waals surface area contributed by atoms with Crippen LogP contribution in [0.4, 0.5) is 11.4 Å². The Hall–Kier alpha value is -4.78. The SMILES string of the molecule is CN(CC1CC(c2ccc(CO)cc2)OC(c2ccc(CNC(=O)CCCCCC(=O)Nc3ccccc3N)cc2)O1)CC(O)c1cccc(O)c1. The maximum Gasteiger partial charge on any atom is 0.224 e. The lowest BCUT2D eigenvalue weighted by Gasteiger charge is -2.38. The van der Waals surface area contributed by atoms with Gasteiger partial charge in [-0.1, -0.05) is 79.2 Å². The van der Waals surface area contributed by atoms with E-state index in [1.807, 2.05) is 72.6 Å². The maximum absolute atomic E-state index is 12.5. The number of benzene rings is 4. The smallest absolute Gasteiger partial charge is 0.224 e. The number of amides is 2. The van der Waals surface area contributed by atoms with E-state index in [4.69, 9.17) is 15.2 Å². The summed E-state index contributed by atoms with van der Waals surface area (Å²) < 4.78 is 13.0. The molecule has 1 aliphatic rings. The standard InChI is InChI=1S/C41H50N4O7/c1-45(26-37(48)32-8-7-9-33(47)22-32)25-34-23-38(30-18-16-29(27-46)17-19-30)52-41(51-34)31-20-14-28(15-21-31)24-43-39(49)12-3-2-4-13-40(50)44-36-11-6-5-10-35(36)42/h5-11,14-22,34,37-38,41,46-48H,2-4,12-13,23-27,42H2,1H3,(H,43,49)(H,44,50). The van der Waals surface area contributed by atoms with Gasteiger partial charge in [-0.25, -0.2) is 0 Å². The maximum atomic E-state index is 12.5. The Balaban J connectivity index is 1.10. The summed E-state index contributed by atoms with van der Waals surface area (Å²) in [7, 11) is 1.93. The second-order valence-corrected chi connectivity index (χ2v) is 13.4. The molecular formula is C41H50N4O7. The number of anilines is 2. The monoisotopic (exact) mass is 710 g/mol. The molecule has 5 rings (SSSR count). The number of aliphatic hydroxyl groups is 2. The largest absolute Gasteiger partial charge is 0.508 e. The van der Waals surface area contributed by atoms with Crippen LogP contribution >= 0.6 is 0 Å². The first-order chi connectivity index (χ1) is 25.2. The molecule has 2 amide bonds. The fraction of sp³-hybridized carbons (Fsp3) is 0.366. The first-order valence-corrected chi connectivity index (χ1v) is 17.8. The van der Waals surface area contributed by atoms with Crippen LogP contribution in [0.15, 0.2) is 97.1 Å². The van der Waals surface area contributed by atoms with Crippen molar-refractivity contribution in [3.8, 4) is 5.75 Å². The molecule has 1 saturated heterocycles. The number of phenolic OH excluding ortho intramolecular Hbond substituents is 1. The molecule has 1 fully saturated rings. The number of ether oxygens (including phenoxy) is 2. The van der Waals surface area contributed by atoms with E-state index >= 15 is 0 Å². The lowest BCUT2D eigenvalue weighted by molar-refractivity contribution is -0.252. The average Bonchev–Trinajstić information content (AvgIpc) is 3.15. The van der Waals surface area contributed by atoms with E-state index in [-0.39, 0.29) is 36.4 Å². The zero-order valence-corrected chi connectivity index (χ0v) is 29.6. The quantitative estimate of drug-likeness (QED) is 0.0579. The summed E-state index contributed by atoms with van der Waals surface area (Å²) in [6.07, 6.45) is 1.62. The highest BCUT2D eigenvalue weighted by molar-refractivity contribution is 5.93. The van der Waals surface area contributed by atoms with Crippen LogP contribution in [0.1, 0.15) is 84.8 Å². The molecule has 0 aliphatic carbocycles. The van der Waals surface area contributed by atoms with Gasteiger partial charge < -0.3 is 46.1 Å². The Kier molecular flexibility index (Phi) is 14.2. The van der Waals surface area contributed by atoms with Crippen LogP contribution in [0.3, 0.4) is 0 Å². The fourth-order valence-corrected chi connectivity index (χ4v) is 6.24. The number of unbranched alkanes of at least 4 members (excludes halogenated alkanes) is 2. The van der Waals surface area contributed by atoms with Gasteiger partial charge >= 0.3 is 0 Å². The fourth-order valence-electron chi connectivity index (χ4n) is 6.24. The van der Waals surface area contributed by atoms with E-state index < -0.39 is 12.4 Å². The molecule has 0 saturated carbocycles. The summed E-state index contributed by atoms with van der Waals surface area (Å²) in [4.78, 5) is 26.7. The number of para-hydroxylation sites is 2. The van der Waals surface area contributed by atoms with Gasteiger partial charge in [-0.2, -0.15) is 0 Å². The van der Waals surface area contributed by atoms with E-state index in [0.717, 1.165) is 28.7 Å². The molecule has 0 radical (unpaired) electrons. The lowest BCUT2D eigenvalue weighted by Crippen LogP contribution is -2.39. The summed E-state index contributed by atoms with van der Waals surface area (Å²) in [5.74, 6) is -0.0220. The lowest BCUT2D eigenvalue weighted by atomic mass is 9.99. The Morgan fingerprint density at radius 3 is 2.27 bits per heavy atom. The highest BCUT2D eigenvalue weighted by atomic mass is 16.7. The Morgan fingerprint density at radius 1 is 0.865 bits per heavy atom. The Bertz CT molecular complexity index is 1730. The van der Waals surface area contributed by atoms with Gasteiger partial charge in [0.25, 0.3) is 0 Å². The number of phenols is 1. The predicted molar refractivity (Wildman–Crippen MR) is 200 cm³/mol. The number of aromatic hydroxyl groups is 1. The highest BCUT2D eigenvalue weighted by Gasteiger charge is 2.33. The molecule has 7 N–H and O–H groups in total. The molecule has 0 bridgehead atoms. The number of carbonyl (C=O) groups is 2. The van der Waals surface area contributed by atoms with E-state index in [1.54, 1.807) is 36.4 Å². The summed E-state index contributed by atoms with van der Waals surface area (Å²) >= 11 is 0. The van der Waals surface area contributed by atoms with E-state index in [1.165, 1.54) is 0 Å². The molecule has 4 unspecified atom stereocenters. The normalized spacial score (nSPS) is 17.8. The van der Waals surface area contributed by atoms with Crippen LogP contribution in [0.5, 0.6) is 5.75 Å². The molecular weight excluding hydrogens is 660 g/mol. The van der Waals surface area contributed by atoms with Crippen molar-refractivity contribution in [1.29, 1.82) is 0 Å². The minimum atomic E-state index is -0.776. The van der Waals surface area contributed by atoms with E-state index in [2.05, 4.69) is 10.6 Å². The van der Waals surface area contributed by atoms with Crippen molar-refractivity contribution in [2.75, 3.05) is 31.2 Å². The molecule has 4 aromatic rings. The van der Waals surface area contributed by atoms with Crippen LogP contribution in [0.25, 0.3) is 0 Å². The van der Waals surface area contributed by atoms with Gasteiger partial charge in [0.05, 0.1) is 36.3 Å². The number of hydrogen-bond donors (Lipinski definition) is 6. The summed E-state index contributed by atoms with van der Waals surface area (Å²) in [5.41, 5.74) is 11.3. The number of rotatable bonds is 17. The molecule has 11 heteroatoms. The molecule has 1 aliphatic heterocycles. The van der Waals surface area contributed by atoms with Crippen LogP contribution in [-0.2, 0) is 32.2 Å². The average molecular weight is 711 g/mol. The zero-order valence-electron chi connectivity index (χ0n) is 29.6. The molecule has 1 heterocycles. The van der Waals surface area contributed by atoms with Gasteiger partial charge in [0.2, 0.25) is 11.8 Å². The molecule has 11 nitrogen and oxygen atoms in total. The third-order valence-corrected chi connectivity index (χ3v) is 9.15. The molecule has 4 atom stereocenters. The number of hydrogen-bond acceptors (Lipinski definition) is 9. The van der Waals surface area contributed by atoms with Crippen molar-refractivity contribution >= 4 is 23.2 Å². The Morgan fingerprint density at radius 2 is 1.56 bits per heavy atom. The van der Waals surface area contributed by atoms with Crippen LogP contribution in [0, 0.1) is 0 Å². The number of aliphatic hydroxyl groups excluding tert-OH is 2. The first kappa shape index (κ1) is 38.5. The molecule has 0 aromatic heterocycles. The minimum Gasteiger partial charge on any atom is -0.508 e. The molecule has 52 heavy (non-hydrogen) atoms. The minimum absolute atomic E-state index is 0.0362. The van der Waals surface area contributed by atoms with Crippen molar-refractivity contribution in [1.82, 2.24) is 10.2 Å². The van der Waals surface area contributed by atoms with Crippen LogP contribution in [0.2, 0.25) is 0 Å². The topological polar surface area (TPSA) is 167 Å². The molecule has 276 valence electrons. The summed E-state index contributed by atoms with van der Waals surface area (Å²) in [6.45, 7) is 1.25. The van der Waals surface area contributed by atoms with Gasteiger partial charge in [-0.05, 0) is 66.4 Å². The number of carbonyl (C=O) groups excluding carboxylic acids is 2. The van der Waals surface area contributed by atoms with Crippen LogP contribution < -0.4 is 16.4 Å². The second kappa shape index (κ2) is 19.2. The third kappa shape index (κ3) is 11.6. The second-order valence-electron chi connectivity index (χ2n) is 13.4. The van der Waals surface area contributed by atoms with Crippen molar-refractivity contribution in [2.45, 2.75) is 76.3 Å². The molecule has 0 spiro atoms. The van der Waals surface area contributed by atoms with E-state index in [9.17, 15) is 24.9 Å². The molecule has 4 aromatic carbocycles. The first-order valence-electron chi connectivity index (χ1n) is 17.8. The van der Waals surface area contributed by atoms with Crippen molar-refractivity contribution in [2.24, 2.45) is 0 Å². The predicted octanol–water partition coefficient (Wildman–Crippen LogP) is 5.88. The van der Waals surface area contributed by atoms with Gasteiger partial charge in [0, 0.05) is 44.5 Å². The van der Waals surface area contributed by atoms with Crippen molar-refractivity contribution < 1.29 is 34.4 Å². The number of likely N-dealkylation sites (N-methyl/N-ethyl adjacent to an activating group) is 1. The third-order valence-electron chi connectivity index (χ3n) is 9.15. The van der Waals surface area contributed by atoms with Gasteiger partial charge in [-0.15, -0.1) is 0 Å². The van der Waals surface area contributed by atoms with Crippen molar-refractivity contribution in [3.63, 3.8) is 0 Å². The van der Waals surface area contributed by atoms with E-state index in [0.29, 0.717) is 68.7 Å². The van der Waals surface area contributed by atoms with Crippen molar-refractivity contribution in [3.05, 3.63) is 125 Å². The summed E-state index contributed by atoms with van der Waals surface area (Å²) in [5, 5.41) is 36.0. The number of nitrogens with one attached hydrogen (secondary N) is 2. The number of nitrogen functional groups attached to an aromatic ring is 1.